The molecule has 0 fully saturated rings. The average Bonchev–Trinajstić information content (AvgIpc) is 2.65. The van der Waals surface area contributed by atoms with Crippen molar-refractivity contribution in [2.75, 3.05) is 6.79 Å². The molecule has 0 aliphatic carbocycles. The molecule has 1 aliphatic heterocycles. The van der Waals surface area contributed by atoms with Gasteiger partial charge in [-0.25, -0.2) is 0 Å². The van der Waals surface area contributed by atoms with E-state index in [-0.39, 0.29) is 0 Å². The Morgan fingerprint density at radius 1 is 1.33 bits per heavy atom. The number of hydrogen-bond donors (Lipinski definition) is 0. The Kier molecular flexibility index (Phi) is 3.12. The maximum absolute atomic E-state index is 8.46. The lowest BCUT2D eigenvalue weighted by molar-refractivity contribution is 0.174. The molecule has 0 saturated heterocycles. The highest BCUT2D eigenvalue weighted by molar-refractivity contribution is 9.10. The summed E-state index contributed by atoms with van der Waals surface area (Å²) < 4.78 is 11.6. The molecule has 1 aromatic rings. The van der Waals surface area contributed by atoms with Crippen LogP contribution in [-0.4, -0.2) is 6.79 Å². The number of unbranched alkanes of at least 4 members (excludes halogenated alkanes) is 1. The number of aryl methyl sites for hydroxylation is 1. The number of fused-ring (bicyclic) bond motifs is 1. The average molecular weight is 268 g/mol. The van der Waals surface area contributed by atoms with Gasteiger partial charge in [-0.3, -0.25) is 0 Å². The van der Waals surface area contributed by atoms with Gasteiger partial charge >= 0.3 is 0 Å². The van der Waals surface area contributed by atoms with E-state index in [9.17, 15) is 0 Å². The van der Waals surface area contributed by atoms with Gasteiger partial charge in [-0.2, -0.15) is 5.26 Å². The Morgan fingerprint density at radius 2 is 2.07 bits per heavy atom. The zero-order chi connectivity index (χ0) is 10.7. The minimum atomic E-state index is 0.295. The normalized spacial score (nSPS) is 12.5. The minimum absolute atomic E-state index is 0.295. The van der Waals surface area contributed by atoms with Gasteiger partial charge in [-0.05, 0) is 30.5 Å². The Balaban J connectivity index is 2.14. The van der Waals surface area contributed by atoms with E-state index < -0.39 is 0 Å². The van der Waals surface area contributed by atoms with Crippen LogP contribution >= 0.6 is 15.9 Å². The van der Waals surface area contributed by atoms with Gasteiger partial charge in [-0.15, -0.1) is 0 Å². The van der Waals surface area contributed by atoms with Crippen molar-refractivity contribution in [2.45, 2.75) is 19.3 Å². The van der Waals surface area contributed by atoms with E-state index >= 15 is 0 Å². The van der Waals surface area contributed by atoms with Crippen molar-refractivity contribution >= 4 is 15.9 Å². The molecule has 0 amide bonds. The molecule has 0 saturated carbocycles. The third kappa shape index (κ3) is 2.24. The molecule has 15 heavy (non-hydrogen) atoms. The summed E-state index contributed by atoms with van der Waals surface area (Å²) >= 11 is 3.48. The molecule has 0 atom stereocenters. The largest absolute Gasteiger partial charge is 0.454 e. The third-order valence-corrected chi connectivity index (χ3v) is 3.01. The highest BCUT2D eigenvalue weighted by atomic mass is 79.9. The van der Waals surface area contributed by atoms with Crippen molar-refractivity contribution in [1.82, 2.24) is 0 Å². The molecular formula is C11H10BrNO2. The Hall–Kier alpha value is -1.21. The van der Waals surface area contributed by atoms with Gasteiger partial charge in [0.2, 0.25) is 6.79 Å². The maximum atomic E-state index is 8.46. The number of ether oxygens (including phenoxy) is 2. The highest BCUT2D eigenvalue weighted by Gasteiger charge is 2.15. The minimum Gasteiger partial charge on any atom is -0.454 e. The summed E-state index contributed by atoms with van der Waals surface area (Å²) in [5.41, 5.74) is 1.16. The zero-order valence-electron chi connectivity index (χ0n) is 8.12. The first-order chi connectivity index (χ1) is 7.31. The molecule has 0 radical (unpaired) electrons. The Labute approximate surface area is 96.7 Å². The molecule has 2 rings (SSSR count). The summed E-state index contributed by atoms with van der Waals surface area (Å²) in [4.78, 5) is 0. The molecule has 0 aromatic heterocycles. The van der Waals surface area contributed by atoms with E-state index in [0.29, 0.717) is 13.2 Å². The lowest BCUT2D eigenvalue weighted by atomic mass is 10.1. The van der Waals surface area contributed by atoms with Crippen LogP contribution in [0.25, 0.3) is 0 Å². The summed E-state index contributed by atoms with van der Waals surface area (Å²) in [5.74, 6) is 1.58. The Bertz CT molecular complexity index is 412. The van der Waals surface area contributed by atoms with Crippen LogP contribution in [0.2, 0.25) is 0 Å². The van der Waals surface area contributed by atoms with E-state index in [1.807, 2.05) is 12.1 Å². The van der Waals surface area contributed by atoms with Crippen LogP contribution < -0.4 is 9.47 Å². The number of nitriles is 1. The zero-order valence-corrected chi connectivity index (χ0v) is 9.71. The van der Waals surface area contributed by atoms with Gasteiger partial charge in [0.15, 0.2) is 11.5 Å². The van der Waals surface area contributed by atoms with Crippen LogP contribution in [-0.2, 0) is 6.42 Å². The molecule has 1 aromatic carbocycles. The van der Waals surface area contributed by atoms with Gasteiger partial charge in [0.1, 0.15) is 0 Å². The molecule has 78 valence electrons. The second-order valence-electron chi connectivity index (χ2n) is 3.31. The fraction of sp³-hybridized carbons (Fsp3) is 0.364. The van der Waals surface area contributed by atoms with Gasteiger partial charge < -0.3 is 9.47 Å². The fourth-order valence-electron chi connectivity index (χ4n) is 1.51. The van der Waals surface area contributed by atoms with Crippen LogP contribution in [0, 0.1) is 11.3 Å². The van der Waals surface area contributed by atoms with Crippen molar-refractivity contribution in [3.63, 3.8) is 0 Å². The number of nitrogens with zero attached hydrogens (tertiary/aromatic N) is 1. The molecule has 0 N–H and O–H groups in total. The van der Waals surface area contributed by atoms with E-state index in [1.54, 1.807) is 0 Å². The van der Waals surface area contributed by atoms with Crippen LogP contribution in [0.1, 0.15) is 18.4 Å². The lowest BCUT2D eigenvalue weighted by Gasteiger charge is -2.04. The van der Waals surface area contributed by atoms with Crippen molar-refractivity contribution in [3.05, 3.63) is 22.2 Å². The number of benzene rings is 1. The van der Waals surface area contributed by atoms with Crippen molar-refractivity contribution in [1.29, 1.82) is 5.26 Å². The van der Waals surface area contributed by atoms with Gasteiger partial charge in [0.05, 0.1) is 6.07 Å². The summed E-state index contributed by atoms with van der Waals surface area (Å²) in [5, 5.41) is 8.46. The number of halogens is 1. The quantitative estimate of drug-likeness (QED) is 0.791. The SMILES string of the molecule is N#CCCCc1cc2c(cc1Br)OCO2. The van der Waals surface area contributed by atoms with Gasteiger partial charge in [0, 0.05) is 10.9 Å². The second kappa shape index (κ2) is 4.54. The van der Waals surface area contributed by atoms with E-state index in [0.717, 1.165) is 34.4 Å². The first kappa shape index (κ1) is 10.3. The van der Waals surface area contributed by atoms with Crippen LogP contribution in [0.4, 0.5) is 0 Å². The molecule has 1 heterocycles. The van der Waals surface area contributed by atoms with Gasteiger partial charge in [0.25, 0.3) is 0 Å². The summed E-state index contributed by atoms with van der Waals surface area (Å²) in [6, 6.07) is 6.04. The smallest absolute Gasteiger partial charge is 0.231 e. The maximum Gasteiger partial charge on any atom is 0.231 e. The lowest BCUT2D eigenvalue weighted by Crippen LogP contribution is -1.92. The molecular weight excluding hydrogens is 258 g/mol. The topological polar surface area (TPSA) is 42.2 Å². The summed E-state index contributed by atoms with van der Waals surface area (Å²) in [7, 11) is 0. The molecule has 1 aliphatic rings. The number of rotatable bonds is 3. The first-order valence-electron chi connectivity index (χ1n) is 4.76. The molecule has 4 heteroatoms. The summed E-state index contributed by atoms with van der Waals surface area (Å²) in [6.07, 6.45) is 2.33. The Morgan fingerprint density at radius 3 is 2.80 bits per heavy atom. The van der Waals surface area contributed by atoms with Crippen LogP contribution in [0.15, 0.2) is 16.6 Å². The van der Waals surface area contributed by atoms with Crippen molar-refractivity contribution in [2.24, 2.45) is 0 Å². The monoisotopic (exact) mass is 267 g/mol. The van der Waals surface area contributed by atoms with Crippen molar-refractivity contribution < 1.29 is 9.47 Å². The molecule has 0 bridgehead atoms. The van der Waals surface area contributed by atoms with Crippen LogP contribution in [0.5, 0.6) is 11.5 Å². The molecule has 0 spiro atoms. The highest BCUT2D eigenvalue weighted by Crippen LogP contribution is 2.37. The number of hydrogen-bond acceptors (Lipinski definition) is 3. The third-order valence-electron chi connectivity index (χ3n) is 2.28. The standard InChI is InChI=1S/C11H10BrNO2/c12-9-6-11-10(14-7-15-11)5-8(9)3-1-2-4-13/h5-6H,1-3,7H2. The fourth-order valence-corrected chi connectivity index (χ4v) is 2.03. The van der Waals surface area contributed by atoms with Gasteiger partial charge in [-0.1, -0.05) is 15.9 Å². The first-order valence-corrected chi connectivity index (χ1v) is 5.55. The molecule has 0 unspecified atom stereocenters. The van der Waals surface area contributed by atoms with E-state index in [2.05, 4.69) is 22.0 Å². The van der Waals surface area contributed by atoms with E-state index in [4.69, 9.17) is 14.7 Å². The van der Waals surface area contributed by atoms with Crippen LogP contribution in [0.3, 0.4) is 0 Å². The predicted octanol–water partition coefficient (Wildman–Crippen LogP) is 3.02. The van der Waals surface area contributed by atoms with Crippen molar-refractivity contribution in [3.8, 4) is 17.6 Å². The van der Waals surface area contributed by atoms with E-state index in [1.165, 1.54) is 0 Å². The second-order valence-corrected chi connectivity index (χ2v) is 4.16. The summed E-state index contributed by atoms with van der Waals surface area (Å²) in [6.45, 7) is 0.295. The predicted molar refractivity (Wildman–Crippen MR) is 58.8 cm³/mol. The molecule has 3 nitrogen and oxygen atoms in total.